The van der Waals surface area contributed by atoms with Gasteiger partial charge < -0.3 is 9.47 Å². The average Bonchev–Trinajstić information content (AvgIpc) is 2.94. The molecule has 152 valence electrons. The number of sulfonamides is 1. The number of amides is 1. The minimum absolute atomic E-state index is 0.128. The van der Waals surface area contributed by atoms with Gasteiger partial charge in [-0.3, -0.25) is 4.79 Å². The van der Waals surface area contributed by atoms with Crippen molar-refractivity contribution >= 4 is 33.2 Å². The van der Waals surface area contributed by atoms with Crippen LogP contribution in [0.3, 0.4) is 0 Å². The van der Waals surface area contributed by atoms with Gasteiger partial charge in [-0.15, -0.1) is 0 Å². The van der Waals surface area contributed by atoms with Gasteiger partial charge in [-0.05, 0) is 44.9 Å². The standard InChI is InChI=1S/C19H25ClN4O3S/c1-13-18(19(25)22(3)17-7-5-6-15(20)12-17)21-14(2)24(13)16-8-10-23(11-9-16)28(4,26)27/h5-7,12,16H,8-11H2,1-4H3. The number of imidazole rings is 1. The highest BCUT2D eigenvalue weighted by molar-refractivity contribution is 7.88. The van der Waals surface area contributed by atoms with Crippen molar-refractivity contribution in [2.24, 2.45) is 0 Å². The molecule has 0 spiro atoms. The molecule has 0 aliphatic carbocycles. The molecule has 0 atom stereocenters. The summed E-state index contributed by atoms with van der Waals surface area (Å²) in [5, 5.41) is 0.563. The van der Waals surface area contributed by atoms with Crippen LogP contribution in [0.25, 0.3) is 0 Å². The fraction of sp³-hybridized carbons (Fsp3) is 0.474. The highest BCUT2D eigenvalue weighted by atomic mass is 35.5. The Labute approximate surface area is 171 Å². The van der Waals surface area contributed by atoms with E-state index in [4.69, 9.17) is 11.6 Å². The Hall–Kier alpha value is -1.90. The van der Waals surface area contributed by atoms with E-state index < -0.39 is 10.0 Å². The van der Waals surface area contributed by atoms with Crippen LogP contribution in [0.5, 0.6) is 0 Å². The van der Waals surface area contributed by atoms with Gasteiger partial charge >= 0.3 is 0 Å². The van der Waals surface area contributed by atoms with Crippen LogP contribution in [0.15, 0.2) is 24.3 Å². The molecule has 1 aromatic carbocycles. The lowest BCUT2D eigenvalue weighted by molar-refractivity contribution is 0.0987. The zero-order valence-corrected chi connectivity index (χ0v) is 18.1. The van der Waals surface area contributed by atoms with E-state index in [-0.39, 0.29) is 11.9 Å². The van der Waals surface area contributed by atoms with Crippen molar-refractivity contribution < 1.29 is 13.2 Å². The van der Waals surface area contributed by atoms with E-state index in [1.807, 2.05) is 19.9 Å². The molecule has 1 saturated heterocycles. The predicted molar refractivity (Wildman–Crippen MR) is 111 cm³/mol. The van der Waals surface area contributed by atoms with Gasteiger partial charge in [-0.1, -0.05) is 17.7 Å². The maximum absolute atomic E-state index is 13.0. The minimum Gasteiger partial charge on any atom is -0.329 e. The Balaban J connectivity index is 1.83. The first kappa shape index (κ1) is 20.8. The number of piperidine rings is 1. The second-order valence-corrected chi connectivity index (χ2v) is 9.62. The molecular weight excluding hydrogens is 400 g/mol. The summed E-state index contributed by atoms with van der Waals surface area (Å²) in [5.74, 6) is 0.563. The minimum atomic E-state index is -3.17. The van der Waals surface area contributed by atoms with Crippen molar-refractivity contribution in [3.8, 4) is 0 Å². The largest absolute Gasteiger partial charge is 0.329 e. The second-order valence-electron chi connectivity index (χ2n) is 7.20. The molecule has 0 saturated carbocycles. The molecule has 3 rings (SSSR count). The van der Waals surface area contributed by atoms with Gasteiger partial charge in [-0.25, -0.2) is 17.7 Å². The summed E-state index contributed by atoms with van der Waals surface area (Å²) in [4.78, 5) is 19.1. The summed E-state index contributed by atoms with van der Waals surface area (Å²) in [5.41, 5.74) is 1.91. The SMILES string of the molecule is Cc1nc(C(=O)N(C)c2cccc(Cl)c2)c(C)n1C1CCN(S(C)(=O)=O)CC1. The second kappa shape index (κ2) is 7.85. The number of aryl methyl sites for hydroxylation is 1. The van der Waals surface area contributed by atoms with Gasteiger partial charge in [0, 0.05) is 42.6 Å². The van der Waals surface area contributed by atoms with Crippen LogP contribution in [0.1, 0.15) is 40.9 Å². The van der Waals surface area contributed by atoms with Crippen LogP contribution in [0.4, 0.5) is 5.69 Å². The smallest absolute Gasteiger partial charge is 0.278 e. The van der Waals surface area contributed by atoms with Crippen LogP contribution in [-0.2, 0) is 10.0 Å². The van der Waals surface area contributed by atoms with Crippen molar-refractivity contribution in [2.45, 2.75) is 32.7 Å². The number of carbonyl (C=O) groups is 1. The molecule has 7 nitrogen and oxygen atoms in total. The van der Waals surface area contributed by atoms with Crippen LogP contribution < -0.4 is 4.90 Å². The molecule has 0 N–H and O–H groups in total. The van der Waals surface area contributed by atoms with Gasteiger partial charge in [0.15, 0.2) is 0 Å². The Morgan fingerprint density at radius 3 is 2.46 bits per heavy atom. The van der Waals surface area contributed by atoms with E-state index >= 15 is 0 Å². The normalized spacial score (nSPS) is 16.3. The summed E-state index contributed by atoms with van der Waals surface area (Å²) < 4.78 is 27.0. The summed E-state index contributed by atoms with van der Waals surface area (Å²) >= 11 is 6.04. The van der Waals surface area contributed by atoms with E-state index in [0.717, 1.165) is 11.5 Å². The maximum atomic E-state index is 13.0. The first-order chi connectivity index (χ1) is 13.1. The van der Waals surface area contributed by atoms with Crippen LogP contribution >= 0.6 is 11.6 Å². The van der Waals surface area contributed by atoms with Crippen LogP contribution in [0, 0.1) is 13.8 Å². The summed E-state index contributed by atoms with van der Waals surface area (Å²) in [6, 6.07) is 7.25. The van der Waals surface area contributed by atoms with Crippen LogP contribution in [0.2, 0.25) is 5.02 Å². The highest BCUT2D eigenvalue weighted by Gasteiger charge is 2.30. The van der Waals surface area contributed by atoms with Crippen molar-refractivity contribution in [3.05, 3.63) is 46.5 Å². The van der Waals surface area contributed by atoms with Gasteiger partial charge in [0.05, 0.1) is 6.26 Å². The molecule has 0 bridgehead atoms. The molecule has 0 unspecified atom stereocenters. The Bertz CT molecular complexity index is 995. The molecule has 1 aliphatic rings. The Morgan fingerprint density at radius 2 is 1.89 bits per heavy atom. The van der Waals surface area contributed by atoms with E-state index in [0.29, 0.717) is 42.3 Å². The van der Waals surface area contributed by atoms with E-state index in [1.54, 1.807) is 25.2 Å². The summed E-state index contributed by atoms with van der Waals surface area (Å²) in [7, 11) is -1.47. The number of hydrogen-bond donors (Lipinski definition) is 0. The predicted octanol–water partition coefficient (Wildman–Crippen LogP) is 3.03. The monoisotopic (exact) mass is 424 g/mol. The molecular formula is C19H25ClN4O3S. The summed E-state index contributed by atoms with van der Waals surface area (Å²) in [6.07, 6.45) is 2.63. The number of aromatic nitrogens is 2. The fourth-order valence-electron chi connectivity index (χ4n) is 3.79. The lowest BCUT2D eigenvalue weighted by Gasteiger charge is -2.32. The zero-order chi connectivity index (χ0) is 20.6. The topological polar surface area (TPSA) is 75.5 Å². The zero-order valence-electron chi connectivity index (χ0n) is 16.5. The number of benzene rings is 1. The molecule has 0 radical (unpaired) electrons. The number of nitrogens with zero attached hydrogens (tertiary/aromatic N) is 4. The molecule has 1 aliphatic heterocycles. The average molecular weight is 425 g/mol. The maximum Gasteiger partial charge on any atom is 0.278 e. The van der Waals surface area contributed by atoms with Crippen molar-refractivity contribution in [1.29, 1.82) is 0 Å². The van der Waals surface area contributed by atoms with Crippen molar-refractivity contribution in [3.63, 3.8) is 0 Å². The lowest BCUT2D eigenvalue weighted by Crippen LogP contribution is -2.38. The third-order valence-corrected chi connectivity index (χ3v) is 6.82. The molecule has 28 heavy (non-hydrogen) atoms. The Kier molecular flexibility index (Phi) is 5.84. The third kappa shape index (κ3) is 4.09. The van der Waals surface area contributed by atoms with Crippen LogP contribution in [-0.4, -0.2) is 54.6 Å². The van der Waals surface area contributed by atoms with Gasteiger partial charge in [0.25, 0.3) is 5.91 Å². The van der Waals surface area contributed by atoms with Gasteiger partial charge in [-0.2, -0.15) is 0 Å². The van der Waals surface area contributed by atoms with Crippen molar-refractivity contribution in [1.82, 2.24) is 13.9 Å². The number of rotatable bonds is 4. The quantitative estimate of drug-likeness (QED) is 0.755. The number of anilines is 1. The van der Waals surface area contributed by atoms with E-state index in [9.17, 15) is 13.2 Å². The van der Waals surface area contributed by atoms with Crippen molar-refractivity contribution in [2.75, 3.05) is 31.3 Å². The van der Waals surface area contributed by atoms with Gasteiger partial charge in [0.2, 0.25) is 10.0 Å². The first-order valence-electron chi connectivity index (χ1n) is 9.13. The fourth-order valence-corrected chi connectivity index (χ4v) is 4.85. The third-order valence-electron chi connectivity index (χ3n) is 5.29. The van der Waals surface area contributed by atoms with Gasteiger partial charge in [0.1, 0.15) is 11.5 Å². The summed E-state index contributed by atoms with van der Waals surface area (Å²) in [6.45, 7) is 4.73. The molecule has 1 aromatic heterocycles. The lowest BCUT2D eigenvalue weighted by atomic mass is 10.1. The molecule has 1 fully saturated rings. The van der Waals surface area contributed by atoms with E-state index in [1.165, 1.54) is 15.5 Å². The van der Waals surface area contributed by atoms with E-state index in [2.05, 4.69) is 9.55 Å². The molecule has 9 heteroatoms. The molecule has 1 amide bonds. The highest BCUT2D eigenvalue weighted by Crippen LogP contribution is 2.29. The number of hydrogen-bond acceptors (Lipinski definition) is 4. The molecule has 2 heterocycles. The number of halogens is 1. The first-order valence-corrected chi connectivity index (χ1v) is 11.4. The molecule has 2 aromatic rings. The Morgan fingerprint density at radius 1 is 1.25 bits per heavy atom. The number of carbonyl (C=O) groups excluding carboxylic acids is 1.